The van der Waals surface area contributed by atoms with Crippen molar-refractivity contribution < 1.29 is 4.74 Å². The van der Waals surface area contributed by atoms with E-state index >= 15 is 0 Å². The summed E-state index contributed by atoms with van der Waals surface area (Å²) in [5, 5.41) is 3.27. The summed E-state index contributed by atoms with van der Waals surface area (Å²) in [6, 6.07) is 16.8. The van der Waals surface area contributed by atoms with Gasteiger partial charge in [-0.25, -0.2) is 0 Å². The number of benzene rings is 2. The molecule has 1 atom stereocenters. The highest BCUT2D eigenvalue weighted by Crippen LogP contribution is 2.26. The summed E-state index contributed by atoms with van der Waals surface area (Å²) in [7, 11) is 1.96. The minimum atomic E-state index is 0.276. The lowest BCUT2D eigenvalue weighted by Gasteiger charge is -2.16. The van der Waals surface area contributed by atoms with Crippen molar-refractivity contribution in [3.63, 3.8) is 0 Å². The van der Waals surface area contributed by atoms with Crippen LogP contribution in [0.5, 0.6) is 5.75 Å². The Morgan fingerprint density at radius 3 is 2.62 bits per heavy atom. The van der Waals surface area contributed by atoms with E-state index in [1.165, 1.54) is 16.7 Å². The summed E-state index contributed by atoms with van der Waals surface area (Å²) in [4.78, 5) is 0. The molecule has 0 radical (unpaired) electrons. The zero-order chi connectivity index (χ0) is 15.1. The first-order chi connectivity index (χ1) is 10.2. The van der Waals surface area contributed by atoms with Gasteiger partial charge in [0.1, 0.15) is 12.4 Å². The average Bonchev–Trinajstić information content (AvgIpc) is 2.53. The van der Waals surface area contributed by atoms with Gasteiger partial charge < -0.3 is 10.1 Å². The quantitative estimate of drug-likeness (QED) is 0.849. The SMILES string of the molecule is CNC(C)c1cc(C)ccc1OC/C=C/c1ccccc1. The van der Waals surface area contributed by atoms with Gasteiger partial charge in [0.15, 0.2) is 0 Å². The van der Waals surface area contributed by atoms with Gasteiger partial charge in [-0.05, 0) is 38.6 Å². The fourth-order valence-corrected chi connectivity index (χ4v) is 2.18. The molecule has 0 fully saturated rings. The molecular weight excluding hydrogens is 258 g/mol. The summed E-state index contributed by atoms with van der Waals surface area (Å²) in [5.74, 6) is 0.945. The van der Waals surface area contributed by atoms with Gasteiger partial charge in [0.2, 0.25) is 0 Å². The first-order valence-electron chi connectivity index (χ1n) is 7.33. The Morgan fingerprint density at radius 2 is 1.90 bits per heavy atom. The standard InChI is InChI=1S/C19H23NO/c1-15-11-12-19(18(14-15)16(2)20-3)21-13-7-10-17-8-5-4-6-9-17/h4-12,14,16,20H,13H2,1-3H3/b10-7+. The minimum Gasteiger partial charge on any atom is -0.489 e. The maximum atomic E-state index is 5.91. The Bertz CT molecular complexity index is 590. The Hall–Kier alpha value is -2.06. The molecule has 0 aliphatic rings. The van der Waals surface area contributed by atoms with Crippen molar-refractivity contribution in [1.82, 2.24) is 5.32 Å². The third-order valence-corrected chi connectivity index (χ3v) is 3.51. The van der Waals surface area contributed by atoms with Gasteiger partial charge in [-0.15, -0.1) is 0 Å². The highest BCUT2D eigenvalue weighted by Gasteiger charge is 2.09. The first-order valence-corrected chi connectivity index (χ1v) is 7.33. The van der Waals surface area contributed by atoms with E-state index in [0.29, 0.717) is 6.61 Å². The number of ether oxygens (including phenoxy) is 1. The molecule has 0 aliphatic carbocycles. The van der Waals surface area contributed by atoms with Crippen LogP contribution in [-0.2, 0) is 0 Å². The van der Waals surface area contributed by atoms with Gasteiger partial charge in [0.25, 0.3) is 0 Å². The molecule has 1 N–H and O–H groups in total. The molecule has 2 rings (SSSR count). The summed E-state index contributed by atoms with van der Waals surface area (Å²) in [6.45, 7) is 4.81. The average molecular weight is 281 g/mol. The maximum absolute atomic E-state index is 5.91. The molecule has 0 saturated carbocycles. The van der Waals surface area contributed by atoms with Gasteiger partial charge in [0.05, 0.1) is 0 Å². The molecule has 1 unspecified atom stereocenters. The lowest BCUT2D eigenvalue weighted by Crippen LogP contribution is -2.14. The lowest BCUT2D eigenvalue weighted by molar-refractivity contribution is 0.355. The second kappa shape index (κ2) is 7.65. The number of hydrogen-bond donors (Lipinski definition) is 1. The van der Waals surface area contributed by atoms with Crippen LogP contribution in [0.25, 0.3) is 6.08 Å². The first kappa shape index (κ1) is 15.3. The van der Waals surface area contributed by atoms with Gasteiger partial charge >= 0.3 is 0 Å². The molecule has 0 bridgehead atoms. The van der Waals surface area contributed by atoms with E-state index in [0.717, 1.165) is 5.75 Å². The fraction of sp³-hybridized carbons (Fsp3) is 0.263. The van der Waals surface area contributed by atoms with E-state index < -0.39 is 0 Å². The van der Waals surface area contributed by atoms with Crippen molar-refractivity contribution in [2.75, 3.05) is 13.7 Å². The van der Waals surface area contributed by atoms with Crippen molar-refractivity contribution in [1.29, 1.82) is 0 Å². The third kappa shape index (κ3) is 4.47. The van der Waals surface area contributed by atoms with E-state index in [4.69, 9.17) is 4.74 Å². The zero-order valence-electron chi connectivity index (χ0n) is 13.0. The second-order valence-electron chi connectivity index (χ2n) is 5.18. The van der Waals surface area contributed by atoms with E-state index in [9.17, 15) is 0 Å². The normalized spacial score (nSPS) is 12.5. The zero-order valence-corrected chi connectivity index (χ0v) is 13.0. The van der Waals surface area contributed by atoms with Crippen LogP contribution in [0.2, 0.25) is 0 Å². The number of aryl methyl sites for hydroxylation is 1. The molecule has 0 aromatic heterocycles. The molecule has 2 heteroatoms. The van der Waals surface area contributed by atoms with Gasteiger partial charge in [0, 0.05) is 11.6 Å². The monoisotopic (exact) mass is 281 g/mol. The van der Waals surface area contributed by atoms with Crippen LogP contribution in [0.4, 0.5) is 0 Å². The summed E-state index contributed by atoms with van der Waals surface area (Å²) in [6.07, 6.45) is 4.12. The highest BCUT2D eigenvalue weighted by atomic mass is 16.5. The van der Waals surface area contributed by atoms with Crippen LogP contribution < -0.4 is 10.1 Å². The molecule has 0 saturated heterocycles. The second-order valence-corrected chi connectivity index (χ2v) is 5.18. The molecular formula is C19H23NO. The predicted molar refractivity (Wildman–Crippen MR) is 89.6 cm³/mol. The van der Waals surface area contributed by atoms with Crippen LogP contribution in [0.1, 0.15) is 29.7 Å². The number of hydrogen-bond acceptors (Lipinski definition) is 2. The Kier molecular flexibility index (Phi) is 5.59. The Morgan fingerprint density at radius 1 is 1.14 bits per heavy atom. The van der Waals surface area contributed by atoms with Crippen LogP contribution in [0.15, 0.2) is 54.6 Å². The van der Waals surface area contributed by atoms with Crippen molar-refractivity contribution >= 4 is 6.08 Å². The molecule has 2 aromatic rings. The topological polar surface area (TPSA) is 21.3 Å². The van der Waals surface area contributed by atoms with Crippen molar-refractivity contribution in [3.8, 4) is 5.75 Å². The lowest BCUT2D eigenvalue weighted by atomic mass is 10.0. The third-order valence-electron chi connectivity index (χ3n) is 3.51. The number of nitrogens with one attached hydrogen (secondary N) is 1. The largest absolute Gasteiger partial charge is 0.489 e. The van der Waals surface area contributed by atoms with Crippen molar-refractivity contribution in [2.24, 2.45) is 0 Å². The maximum Gasteiger partial charge on any atom is 0.124 e. The molecule has 0 amide bonds. The van der Waals surface area contributed by atoms with Crippen LogP contribution in [0, 0.1) is 6.92 Å². The van der Waals surface area contributed by atoms with Gasteiger partial charge in [-0.3, -0.25) is 0 Å². The smallest absolute Gasteiger partial charge is 0.124 e. The van der Waals surface area contributed by atoms with Crippen LogP contribution in [-0.4, -0.2) is 13.7 Å². The molecule has 2 nitrogen and oxygen atoms in total. The van der Waals surface area contributed by atoms with Crippen molar-refractivity contribution in [3.05, 3.63) is 71.3 Å². The van der Waals surface area contributed by atoms with Gasteiger partial charge in [-0.2, -0.15) is 0 Å². The molecule has 0 spiro atoms. The van der Waals surface area contributed by atoms with Crippen molar-refractivity contribution in [2.45, 2.75) is 19.9 Å². The summed E-state index contributed by atoms with van der Waals surface area (Å²) >= 11 is 0. The van der Waals surface area contributed by atoms with E-state index in [-0.39, 0.29) is 6.04 Å². The Balaban J connectivity index is 2.01. The Labute approximate surface area is 127 Å². The van der Waals surface area contributed by atoms with E-state index in [1.807, 2.05) is 31.3 Å². The summed E-state index contributed by atoms with van der Waals surface area (Å²) < 4.78 is 5.91. The molecule has 110 valence electrons. The predicted octanol–water partition coefficient (Wildman–Crippen LogP) is 4.37. The summed E-state index contributed by atoms with van der Waals surface area (Å²) in [5.41, 5.74) is 3.64. The van der Waals surface area contributed by atoms with E-state index in [2.05, 4.69) is 55.6 Å². The van der Waals surface area contributed by atoms with Gasteiger partial charge in [-0.1, -0.05) is 54.1 Å². The molecule has 0 aliphatic heterocycles. The molecule has 0 heterocycles. The minimum absolute atomic E-state index is 0.276. The fourth-order valence-electron chi connectivity index (χ4n) is 2.18. The highest BCUT2D eigenvalue weighted by molar-refractivity contribution is 5.49. The molecule has 2 aromatic carbocycles. The number of rotatable bonds is 6. The molecule has 21 heavy (non-hydrogen) atoms. The van der Waals surface area contributed by atoms with Crippen LogP contribution in [0.3, 0.4) is 0 Å². The van der Waals surface area contributed by atoms with E-state index in [1.54, 1.807) is 0 Å². The van der Waals surface area contributed by atoms with Crippen LogP contribution >= 0.6 is 0 Å².